The fourth-order valence-corrected chi connectivity index (χ4v) is 2.79. The average molecular weight is 225 g/mol. The molecule has 0 saturated heterocycles. The Labute approximate surface area is 100.0 Å². The number of hydrogen-bond donors (Lipinski definition) is 1. The predicted molar refractivity (Wildman–Crippen MR) is 68.2 cm³/mol. The van der Waals surface area contributed by atoms with Crippen molar-refractivity contribution in [1.82, 2.24) is 0 Å². The standard InChI is InChI=1S/C14H27NO/c1-3-5-9-13(15)14(16)12-8-6-7-11(4-2)10-12/h11-13H,3-10,15H2,1-2H3. The first kappa shape index (κ1) is 13.7. The van der Waals surface area contributed by atoms with E-state index in [4.69, 9.17) is 5.73 Å². The van der Waals surface area contributed by atoms with Gasteiger partial charge in [-0.3, -0.25) is 4.79 Å². The highest BCUT2D eigenvalue weighted by Crippen LogP contribution is 2.32. The van der Waals surface area contributed by atoms with Crippen molar-refractivity contribution in [2.45, 2.75) is 71.3 Å². The maximum Gasteiger partial charge on any atom is 0.152 e. The highest BCUT2D eigenvalue weighted by Gasteiger charge is 2.29. The van der Waals surface area contributed by atoms with E-state index in [1.165, 1.54) is 19.3 Å². The van der Waals surface area contributed by atoms with Crippen LogP contribution in [-0.2, 0) is 4.79 Å². The first-order valence-corrected chi connectivity index (χ1v) is 6.98. The molecule has 1 rings (SSSR count). The van der Waals surface area contributed by atoms with Crippen LogP contribution in [0.3, 0.4) is 0 Å². The van der Waals surface area contributed by atoms with E-state index >= 15 is 0 Å². The minimum absolute atomic E-state index is 0.194. The van der Waals surface area contributed by atoms with Crippen LogP contribution in [0.15, 0.2) is 0 Å². The quantitative estimate of drug-likeness (QED) is 0.753. The number of rotatable bonds is 6. The highest BCUT2D eigenvalue weighted by molar-refractivity contribution is 5.86. The Morgan fingerprint density at radius 1 is 1.38 bits per heavy atom. The first-order valence-electron chi connectivity index (χ1n) is 6.98. The second-order valence-corrected chi connectivity index (χ2v) is 5.29. The lowest BCUT2D eigenvalue weighted by molar-refractivity contribution is -0.125. The molecule has 0 aromatic carbocycles. The highest BCUT2D eigenvalue weighted by atomic mass is 16.1. The fourth-order valence-electron chi connectivity index (χ4n) is 2.79. The zero-order chi connectivity index (χ0) is 12.0. The molecule has 0 aromatic heterocycles. The SMILES string of the molecule is CCCCC(N)C(=O)C1CCCC(CC)C1. The summed E-state index contributed by atoms with van der Waals surface area (Å²) in [7, 11) is 0. The zero-order valence-corrected chi connectivity index (χ0v) is 10.9. The van der Waals surface area contributed by atoms with Gasteiger partial charge in [-0.05, 0) is 25.2 Å². The lowest BCUT2D eigenvalue weighted by Gasteiger charge is -2.29. The lowest BCUT2D eigenvalue weighted by atomic mass is 9.76. The third kappa shape index (κ3) is 3.89. The molecule has 3 unspecified atom stereocenters. The van der Waals surface area contributed by atoms with E-state index in [1.54, 1.807) is 0 Å². The lowest BCUT2D eigenvalue weighted by Crippen LogP contribution is -2.37. The first-order chi connectivity index (χ1) is 7.69. The summed E-state index contributed by atoms with van der Waals surface area (Å²) in [5, 5.41) is 0. The van der Waals surface area contributed by atoms with E-state index < -0.39 is 0 Å². The number of nitrogens with two attached hydrogens (primary N) is 1. The van der Waals surface area contributed by atoms with Crippen LogP contribution in [-0.4, -0.2) is 11.8 Å². The van der Waals surface area contributed by atoms with Gasteiger partial charge in [-0.2, -0.15) is 0 Å². The van der Waals surface area contributed by atoms with Crippen molar-refractivity contribution in [1.29, 1.82) is 0 Å². The number of carbonyl (C=O) groups excluding carboxylic acids is 1. The number of carbonyl (C=O) groups is 1. The van der Waals surface area contributed by atoms with Crippen LogP contribution in [0.25, 0.3) is 0 Å². The largest absolute Gasteiger partial charge is 0.321 e. The van der Waals surface area contributed by atoms with Gasteiger partial charge in [-0.1, -0.05) is 46.0 Å². The summed E-state index contributed by atoms with van der Waals surface area (Å²) in [4.78, 5) is 12.1. The van der Waals surface area contributed by atoms with Crippen LogP contribution in [0.5, 0.6) is 0 Å². The molecule has 1 fully saturated rings. The summed E-state index contributed by atoms with van der Waals surface area (Å²) < 4.78 is 0. The number of ketones is 1. The Morgan fingerprint density at radius 3 is 2.75 bits per heavy atom. The Bertz CT molecular complexity index is 215. The molecule has 0 spiro atoms. The summed E-state index contributed by atoms with van der Waals surface area (Å²) in [6.45, 7) is 4.37. The van der Waals surface area contributed by atoms with E-state index in [0.29, 0.717) is 5.78 Å². The van der Waals surface area contributed by atoms with Crippen molar-refractivity contribution in [3.8, 4) is 0 Å². The van der Waals surface area contributed by atoms with Gasteiger partial charge in [0, 0.05) is 5.92 Å². The summed E-state index contributed by atoms with van der Waals surface area (Å²) in [6, 6.07) is -0.194. The maximum atomic E-state index is 12.1. The molecule has 0 amide bonds. The van der Waals surface area contributed by atoms with E-state index in [1.807, 2.05) is 0 Å². The third-order valence-corrected chi connectivity index (χ3v) is 4.00. The molecular weight excluding hydrogens is 198 g/mol. The van der Waals surface area contributed by atoms with Crippen molar-refractivity contribution in [3.63, 3.8) is 0 Å². The molecule has 2 heteroatoms. The van der Waals surface area contributed by atoms with Crippen LogP contribution >= 0.6 is 0 Å². The van der Waals surface area contributed by atoms with Crippen molar-refractivity contribution in [3.05, 3.63) is 0 Å². The van der Waals surface area contributed by atoms with Crippen LogP contribution in [0, 0.1) is 11.8 Å². The summed E-state index contributed by atoms with van der Waals surface area (Å²) >= 11 is 0. The van der Waals surface area contributed by atoms with Gasteiger partial charge in [0.25, 0.3) is 0 Å². The van der Waals surface area contributed by atoms with Crippen molar-refractivity contribution >= 4 is 5.78 Å². The number of unbranched alkanes of at least 4 members (excludes halogenated alkanes) is 1. The van der Waals surface area contributed by atoms with E-state index in [-0.39, 0.29) is 12.0 Å². The monoisotopic (exact) mass is 225 g/mol. The van der Waals surface area contributed by atoms with Crippen molar-refractivity contribution in [2.75, 3.05) is 0 Å². The fraction of sp³-hybridized carbons (Fsp3) is 0.929. The van der Waals surface area contributed by atoms with Gasteiger partial charge in [0.1, 0.15) is 0 Å². The van der Waals surface area contributed by atoms with Crippen molar-refractivity contribution < 1.29 is 4.79 Å². The van der Waals surface area contributed by atoms with E-state index in [2.05, 4.69) is 13.8 Å². The molecule has 94 valence electrons. The van der Waals surface area contributed by atoms with Gasteiger partial charge >= 0.3 is 0 Å². The molecule has 1 aliphatic carbocycles. The molecule has 3 atom stereocenters. The van der Waals surface area contributed by atoms with Gasteiger partial charge in [-0.25, -0.2) is 0 Å². The number of hydrogen-bond acceptors (Lipinski definition) is 2. The molecule has 0 heterocycles. The molecule has 2 nitrogen and oxygen atoms in total. The zero-order valence-electron chi connectivity index (χ0n) is 10.9. The Hall–Kier alpha value is -0.370. The van der Waals surface area contributed by atoms with E-state index in [9.17, 15) is 4.79 Å². The molecular formula is C14H27NO. The van der Waals surface area contributed by atoms with Crippen LogP contribution in [0.2, 0.25) is 0 Å². The molecule has 0 aliphatic heterocycles. The predicted octanol–water partition coefficient (Wildman–Crippen LogP) is 3.29. The maximum absolute atomic E-state index is 12.1. The van der Waals surface area contributed by atoms with Crippen LogP contribution in [0.1, 0.15) is 65.2 Å². The minimum Gasteiger partial charge on any atom is -0.321 e. The van der Waals surface area contributed by atoms with Crippen molar-refractivity contribution in [2.24, 2.45) is 17.6 Å². The molecule has 0 aromatic rings. The topological polar surface area (TPSA) is 43.1 Å². The molecule has 2 N–H and O–H groups in total. The summed E-state index contributed by atoms with van der Waals surface area (Å²) in [6.07, 6.45) is 9.00. The van der Waals surface area contributed by atoms with Gasteiger partial charge in [0.15, 0.2) is 5.78 Å². The number of Topliss-reactive ketones (excluding diaryl/α,β-unsaturated/α-hetero) is 1. The van der Waals surface area contributed by atoms with Gasteiger partial charge in [0.05, 0.1) is 6.04 Å². The third-order valence-electron chi connectivity index (χ3n) is 4.00. The average Bonchev–Trinajstić information content (AvgIpc) is 2.35. The summed E-state index contributed by atoms with van der Waals surface area (Å²) in [5.74, 6) is 1.37. The molecule has 16 heavy (non-hydrogen) atoms. The minimum atomic E-state index is -0.194. The van der Waals surface area contributed by atoms with E-state index in [0.717, 1.165) is 38.0 Å². The second kappa shape index (κ2) is 7.05. The molecule has 1 saturated carbocycles. The summed E-state index contributed by atoms with van der Waals surface area (Å²) in [5.41, 5.74) is 5.97. The van der Waals surface area contributed by atoms with Crippen LogP contribution in [0.4, 0.5) is 0 Å². The van der Waals surface area contributed by atoms with Gasteiger partial charge in [0.2, 0.25) is 0 Å². The van der Waals surface area contributed by atoms with Crippen LogP contribution < -0.4 is 5.73 Å². The Kier molecular flexibility index (Phi) is 6.04. The molecule has 1 aliphatic rings. The van der Waals surface area contributed by atoms with Gasteiger partial charge in [-0.15, -0.1) is 0 Å². The van der Waals surface area contributed by atoms with Gasteiger partial charge < -0.3 is 5.73 Å². The smallest absolute Gasteiger partial charge is 0.152 e. The Morgan fingerprint density at radius 2 is 2.12 bits per heavy atom. The molecule has 0 bridgehead atoms. The molecule has 0 radical (unpaired) electrons. The second-order valence-electron chi connectivity index (χ2n) is 5.29. The Balaban J connectivity index is 2.40. The normalized spacial score (nSPS) is 27.7.